The van der Waals surface area contributed by atoms with Gasteiger partial charge in [0.2, 0.25) is 0 Å². The number of carbonyl (C=O) groups excluding carboxylic acids is 3. The maximum atomic E-state index is 13.5. The number of carbonyl (C=O) groups is 3. The van der Waals surface area contributed by atoms with Gasteiger partial charge in [-0.25, -0.2) is 14.8 Å². The molecule has 12 nitrogen and oxygen atoms in total. The average molecular weight is 501 g/mol. The molecule has 3 aliphatic rings. The Labute approximate surface area is 212 Å². The number of amides is 3. The molecule has 188 valence electrons. The highest BCUT2D eigenvalue weighted by atomic mass is 16.5. The van der Waals surface area contributed by atoms with Gasteiger partial charge < -0.3 is 20.4 Å². The number of urea groups is 1. The van der Waals surface area contributed by atoms with Crippen LogP contribution in [-0.2, 0) is 10.3 Å². The molecule has 2 bridgehead atoms. The monoisotopic (exact) mass is 500 g/mol. The number of ether oxygens (including phenoxy) is 1. The van der Waals surface area contributed by atoms with Crippen LogP contribution in [0.15, 0.2) is 42.7 Å². The van der Waals surface area contributed by atoms with E-state index in [1.54, 1.807) is 43.6 Å². The molecule has 4 N–H and O–H groups in total. The molecule has 3 aromatic heterocycles. The lowest BCUT2D eigenvalue weighted by Gasteiger charge is -2.57. The SMILES string of the molecule is COCCNc1cc(NC(=O)N2c3nc(C=O)ccc3C3(NC(=O)c4ccc[nH]4)CC2C3)ncc1C#N. The number of anilines is 3. The Kier molecular flexibility index (Phi) is 6.29. The van der Waals surface area contributed by atoms with E-state index < -0.39 is 11.6 Å². The average Bonchev–Trinajstić information content (AvgIpc) is 3.43. The number of hydrogen-bond acceptors (Lipinski definition) is 8. The first kappa shape index (κ1) is 24.0. The van der Waals surface area contributed by atoms with Gasteiger partial charge in [-0.3, -0.25) is 19.8 Å². The highest BCUT2D eigenvalue weighted by Crippen LogP contribution is 2.53. The quantitative estimate of drug-likeness (QED) is 0.270. The van der Waals surface area contributed by atoms with Crippen LogP contribution in [0.4, 0.5) is 22.1 Å². The van der Waals surface area contributed by atoms with Crippen LogP contribution in [-0.4, -0.2) is 59.5 Å². The van der Waals surface area contributed by atoms with Gasteiger partial charge in [-0.1, -0.05) is 6.07 Å². The van der Waals surface area contributed by atoms with Crippen molar-refractivity contribution >= 4 is 35.5 Å². The summed E-state index contributed by atoms with van der Waals surface area (Å²) in [5.74, 6) is 0.291. The largest absolute Gasteiger partial charge is 0.383 e. The number of rotatable bonds is 8. The number of methoxy groups -OCH3 is 1. The van der Waals surface area contributed by atoms with Crippen LogP contribution < -0.4 is 20.9 Å². The van der Waals surface area contributed by atoms with Gasteiger partial charge in [0.05, 0.1) is 23.4 Å². The van der Waals surface area contributed by atoms with Crippen LogP contribution in [0.1, 0.15) is 44.9 Å². The minimum atomic E-state index is -0.696. The van der Waals surface area contributed by atoms with Crippen molar-refractivity contribution in [1.82, 2.24) is 20.3 Å². The fourth-order valence-corrected chi connectivity index (χ4v) is 4.81. The lowest BCUT2D eigenvalue weighted by molar-refractivity contribution is 0.0757. The molecule has 37 heavy (non-hydrogen) atoms. The topological polar surface area (TPSA) is 165 Å². The Hall–Kier alpha value is -4.76. The standard InChI is InChI=1S/C25H24N8O4/c1-37-8-7-28-20-9-21(29-13-15(20)12-26)31-24(36)33-17-10-25(11-17,32-23(35)19-3-2-6-27-19)18-5-4-16(14-34)30-22(18)33/h2-6,9,13-14,17,27H,7-8,10-11H2,1H3,(H,32,35)(H2,28,29,31,36). The van der Waals surface area contributed by atoms with E-state index in [2.05, 4.69) is 37.0 Å². The van der Waals surface area contributed by atoms with Crippen LogP contribution >= 0.6 is 0 Å². The van der Waals surface area contributed by atoms with E-state index in [4.69, 9.17) is 4.74 Å². The van der Waals surface area contributed by atoms with Crippen molar-refractivity contribution in [2.45, 2.75) is 24.4 Å². The van der Waals surface area contributed by atoms with E-state index in [1.807, 2.05) is 0 Å². The smallest absolute Gasteiger partial charge is 0.328 e. The van der Waals surface area contributed by atoms with Crippen LogP contribution in [0.5, 0.6) is 0 Å². The summed E-state index contributed by atoms with van der Waals surface area (Å²) in [4.78, 5) is 50.7. The second-order valence-corrected chi connectivity index (χ2v) is 8.85. The van der Waals surface area contributed by atoms with Gasteiger partial charge in [-0.05, 0) is 31.0 Å². The number of pyridine rings is 2. The zero-order chi connectivity index (χ0) is 26.0. The molecular weight excluding hydrogens is 476 g/mol. The predicted octanol–water partition coefficient (Wildman–Crippen LogP) is 2.39. The summed E-state index contributed by atoms with van der Waals surface area (Å²) in [6.45, 7) is 0.910. The van der Waals surface area contributed by atoms with Gasteiger partial charge in [0.15, 0.2) is 6.29 Å². The van der Waals surface area contributed by atoms with E-state index in [-0.39, 0.29) is 23.5 Å². The van der Waals surface area contributed by atoms with Crippen molar-refractivity contribution in [2.24, 2.45) is 0 Å². The molecule has 5 heterocycles. The van der Waals surface area contributed by atoms with Crippen LogP contribution in [0, 0.1) is 11.3 Å². The van der Waals surface area contributed by atoms with E-state index in [0.717, 1.165) is 0 Å². The predicted molar refractivity (Wildman–Crippen MR) is 133 cm³/mol. The normalized spacial score (nSPS) is 19.1. The van der Waals surface area contributed by atoms with Crippen molar-refractivity contribution in [3.05, 3.63) is 65.2 Å². The Balaban J connectivity index is 1.41. The van der Waals surface area contributed by atoms with Crippen LogP contribution in [0.25, 0.3) is 0 Å². The number of H-pyrrole nitrogens is 1. The minimum Gasteiger partial charge on any atom is -0.383 e. The lowest BCUT2D eigenvalue weighted by atomic mass is 9.64. The van der Waals surface area contributed by atoms with E-state index in [1.165, 1.54) is 11.1 Å². The molecule has 1 aliphatic carbocycles. The summed E-state index contributed by atoms with van der Waals surface area (Å²) in [6.07, 6.45) is 4.65. The van der Waals surface area contributed by atoms with Gasteiger partial charge in [-0.2, -0.15) is 5.26 Å². The second-order valence-electron chi connectivity index (χ2n) is 8.85. The Bertz CT molecular complexity index is 1390. The van der Waals surface area contributed by atoms with Gasteiger partial charge in [0.25, 0.3) is 5.91 Å². The molecule has 3 aromatic rings. The third-order valence-electron chi connectivity index (χ3n) is 6.59. The Morgan fingerprint density at radius 1 is 1.35 bits per heavy atom. The number of aromatic amines is 1. The molecule has 0 aromatic carbocycles. The molecular formula is C25H24N8O4. The van der Waals surface area contributed by atoms with Crippen LogP contribution in [0.3, 0.4) is 0 Å². The van der Waals surface area contributed by atoms with Crippen molar-refractivity contribution in [2.75, 3.05) is 35.8 Å². The van der Waals surface area contributed by atoms with Gasteiger partial charge in [-0.15, -0.1) is 0 Å². The molecule has 0 radical (unpaired) electrons. The number of nitrogens with zero attached hydrogens (tertiary/aromatic N) is 4. The van der Waals surface area contributed by atoms with Crippen molar-refractivity contribution in [3.8, 4) is 6.07 Å². The number of nitrogens with one attached hydrogen (secondary N) is 4. The zero-order valence-corrected chi connectivity index (χ0v) is 19.9. The number of nitriles is 1. The fourth-order valence-electron chi connectivity index (χ4n) is 4.81. The maximum absolute atomic E-state index is 13.5. The van der Waals surface area contributed by atoms with Gasteiger partial charge in [0.1, 0.15) is 29.1 Å². The molecule has 0 spiro atoms. The summed E-state index contributed by atoms with van der Waals surface area (Å²) in [7, 11) is 1.58. The number of aldehydes is 1. The molecule has 1 fully saturated rings. The summed E-state index contributed by atoms with van der Waals surface area (Å²) in [5.41, 5.74) is 1.41. The molecule has 3 amide bonds. The van der Waals surface area contributed by atoms with Crippen molar-refractivity contribution in [3.63, 3.8) is 0 Å². The van der Waals surface area contributed by atoms with Crippen molar-refractivity contribution < 1.29 is 19.1 Å². The second kappa shape index (κ2) is 9.71. The van der Waals surface area contributed by atoms with E-state index in [0.29, 0.717) is 60.6 Å². The van der Waals surface area contributed by atoms with Gasteiger partial charge in [0, 0.05) is 43.7 Å². The highest BCUT2D eigenvalue weighted by molar-refractivity contribution is 6.03. The molecule has 12 heteroatoms. The maximum Gasteiger partial charge on any atom is 0.328 e. The first-order valence-electron chi connectivity index (χ1n) is 11.6. The van der Waals surface area contributed by atoms with Crippen LogP contribution in [0.2, 0.25) is 0 Å². The summed E-state index contributed by atoms with van der Waals surface area (Å²) < 4.78 is 5.04. The third-order valence-corrected chi connectivity index (χ3v) is 6.59. The number of aromatic nitrogens is 3. The molecule has 1 saturated carbocycles. The first-order chi connectivity index (χ1) is 18.0. The molecule has 6 rings (SSSR count). The highest BCUT2D eigenvalue weighted by Gasteiger charge is 2.57. The first-order valence-corrected chi connectivity index (χ1v) is 11.6. The lowest BCUT2D eigenvalue weighted by Crippen LogP contribution is -2.67. The van der Waals surface area contributed by atoms with E-state index >= 15 is 0 Å². The summed E-state index contributed by atoms with van der Waals surface area (Å²) in [5, 5.41) is 18.3. The van der Waals surface area contributed by atoms with E-state index in [9.17, 15) is 19.6 Å². The Morgan fingerprint density at radius 2 is 2.19 bits per heavy atom. The van der Waals surface area contributed by atoms with Crippen molar-refractivity contribution in [1.29, 1.82) is 5.26 Å². The Morgan fingerprint density at radius 3 is 2.89 bits per heavy atom. The fraction of sp³-hybridized carbons (Fsp3) is 0.280. The minimum absolute atomic E-state index is 0.171. The zero-order valence-electron chi connectivity index (χ0n) is 19.9. The third kappa shape index (κ3) is 4.36. The molecule has 0 unspecified atom stereocenters. The number of hydrogen-bond donors (Lipinski definition) is 4. The summed E-state index contributed by atoms with van der Waals surface area (Å²) in [6, 6.07) is 9.64. The summed E-state index contributed by atoms with van der Waals surface area (Å²) >= 11 is 0. The molecule has 0 saturated heterocycles. The van der Waals surface area contributed by atoms with Gasteiger partial charge >= 0.3 is 6.03 Å². The molecule has 0 atom stereocenters. The molecule has 2 aliphatic heterocycles.